The molecule has 7 nitrogen and oxygen atoms in total. The highest BCUT2D eigenvalue weighted by Crippen LogP contribution is 2.29. The van der Waals surface area contributed by atoms with Crippen molar-refractivity contribution in [3.05, 3.63) is 24.0 Å². The number of hydrogen-bond acceptors (Lipinski definition) is 5. The van der Waals surface area contributed by atoms with Crippen molar-refractivity contribution in [1.82, 2.24) is 29.8 Å². The molecule has 1 aliphatic rings. The van der Waals surface area contributed by atoms with E-state index in [1.165, 1.54) is 25.7 Å². The Bertz CT molecular complexity index is 509. The van der Waals surface area contributed by atoms with Crippen LogP contribution in [0.2, 0.25) is 0 Å². The summed E-state index contributed by atoms with van der Waals surface area (Å²) in [7, 11) is 0. The normalized spacial score (nSPS) is 16.5. The summed E-state index contributed by atoms with van der Waals surface area (Å²) in [4.78, 5) is 0. The third-order valence-electron chi connectivity index (χ3n) is 3.46. The van der Waals surface area contributed by atoms with Crippen molar-refractivity contribution in [2.75, 3.05) is 0 Å². The van der Waals surface area contributed by atoms with E-state index in [0.29, 0.717) is 19.1 Å². The predicted molar refractivity (Wildman–Crippen MR) is 64.5 cm³/mol. The molecule has 0 aromatic carbocycles. The topological polar surface area (TPSA) is 87.4 Å². The number of nitrogens with two attached hydrogens (primary N) is 1. The Balaban J connectivity index is 1.78. The van der Waals surface area contributed by atoms with Crippen molar-refractivity contribution in [2.45, 2.75) is 44.8 Å². The molecule has 2 heterocycles. The van der Waals surface area contributed by atoms with E-state index >= 15 is 0 Å². The molecule has 1 aliphatic carbocycles. The number of hydrogen-bond donors (Lipinski definition) is 1. The van der Waals surface area contributed by atoms with E-state index in [0.717, 1.165) is 11.5 Å². The van der Waals surface area contributed by atoms with Gasteiger partial charge in [-0.1, -0.05) is 18.1 Å². The highest BCUT2D eigenvalue weighted by atomic mass is 15.4. The third-order valence-corrected chi connectivity index (χ3v) is 3.46. The van der Waals surface area contributed by atoms with Crippen LogP contribution in [0.25, 0.3) is 0 Å². The average molecular weight is 247 g/mol. The smallest absolute Gasteiger partial charge is 0.154 e. The number of aromatic nitrogens is 6. The maximum atomic E-state index is 5.52. The molecule has 2 aromatic heterocycles. The first-order valence-corrected chi connectivity index (χ1v) is 6.34. The molecule has 2 aromatic rings. The second kappa shape index (κ2) is 4.85. The van der Waals surface area contributed by atoms with Crippen LogP contribution in [0.5, 0.6) is 0 Å². The molecule has 0 spiro atoms. The zero-order chi connectivity index (χ0) is 12.4. The lowest BCUT2D eigenvalue weighted by molar-refractivity contribution is 0.480. The maximum Gasteiger partial charge on any atom is 0.154 e. The highest BCUT2D eigenvalue weighted by Gasteiger charge is 2.20. The second-order valence-corrected chi connectivity index (χ2v) is 4.70. The van der Waals surface area contributed by atoms with Crippen LogP contribution < -0.4 is 5.73 Å². The van der Waals surface area contributed by atoms with Gasteiger partial charge < -0.3 is 10.3 Å². The van der Waals surface area contributed by atoms with E-state index in [9.17, 15) is 0 Å². The molecule has 7 heteroatoms. The fourth-order valence-electron chi connectivity index (χ4n) is 2.52. The first-order chi connectivity index (χ1) is 8.86. The zero-order valence-corrected chi connectivity index (χ0v) is 10.2. The molecule has 18 heavy (non-hydrogen) atoms. The highest BCUT2D eigenvalue weighted by molar-refractivity contribution is 4.95. The zero-order valence-electron chi connectivity index (χ0n) is 10.2. The standard InChI is InChI=1S/C11H17N7/c12-5-9-6-17(16-14-9)7-11-15-13-8-18(11)10-3-1-2-4-10/h6,8,10H,1-5,7,12H2. The maximum absolute atomic E-state index is 5.52. The van der Waals surface area contributed by atoms with Gasteiger partial charge >= 0.3 is 0 Å². The van der Waals surface area contributed by atoms with Crippen LogP contribution in [0.15, 0.2) is 12.5 Å². The van der Waals surface area contributed by atoms with Crippen molar-refractivity contribution in [3.63, 3.8) is 0 Å². The van der Waals surface area contributed by atoms with Crippen LogP contribution in [0, 0.1) is 0 Å². The molecule has 2 N–H and O–H groups in total. The summed E-state index contributed by atoms with van der Waals surface area (Å²) in [5.74, 6) is 0.940. The first-order valence-electron chi connectivity index (χ1n) is 6.34. The van der Waals surface area contributed by atoms with Gasteiger partial charge in [-0.25, -0.2) is 4.68 Å². The van der Waals surface area contributed by atoms with Gasteiger partial charge in [-0.05, 0) is 12.8 Å². The lowest BCUT2D eigenvalue weighted by atomic mass is 10.2. The minimum absolute atomic E-state index is 0.412. The van der Waals surface area contributed by atoms with Crippen LogP contribution in [-0.4, -0.2) is 29.8 Å². The monoisotopic (exact) mass is 247 g/mol. The molecule has 3 rings (SSSR count). The van der Waals surface area contributed by atoms with Gasteiger partial charge in [-0.3, -0.25) is 0 Å². The lowest BCUT2D eigenvalue weighted by Gasteiger charge is -2.13. The molecule has 0 unspecified atom stereocenters. The van der Waals surface area contributed by atoms with Gasteiger partial charge in [0, 0.05) is 12.6 Å². The van der Waals surface area contributed by atoms with Crippen molar-refractivity contribution < 1.29 is 0 Å². The summed E-state index contributed by atoms with van der Waals surface area (Å²) in [6, 6.07) is 0.549. The Kier molecular flexibility index (Phi) is 3.06. The minimum atomic E-state index is 0.412. The van der Waals surface area contributed by atoms with E-state index in [1.807, 2.05) is 12.5 Å². The summed E-state index contributed by atoms with van der Waals surface area (Å²) in [6.45, 7) is 1.01. The quantitative estimate of drug-likeness (QED) is 0.849. The van der Waals surface area contributed by atoms with Gasteiger partial charge in [0.05, 0.1) is 11.9 Å². The summed E-state index contributed by atoms with van der Waals surface area (Å²) < 4.78 is 3.94. The van der Waals surface area contributed by atoms with Gasteiger partial charge in [0.1, 0.15) is 12.9 Å². The van der Waals surface area contributed by atoms with Crippen LogP contribution in [0.3, 0.4) is 0 Å². The second-order valence-electron chi connectivity index (χ2n) is 4.70. The molecule has 0 aliphatic heterocycles. The molecular weight excluding hydrogens is 230 g/mol. The van der Waals surface area contributed by atoms with Gasteiger partial charge in [-0.2, -0.15) is 0 Å². The molecule has 0 bridgehead atoms. The summed E-state index contributed by atoms with van der Waals surface area (Å²) in [5.41, 5.74) is 6.31. The largest absolute Gasteiger partial charge is 0.325 e. The van der Waals surface area contributed by atoms with E-state index < -0.39 is 0 Å². The Morgan fingerprint density at radius 2 is 2.11 bits per heavy atom. The third kappa shape index (κ3) is 2.13. The van der Waals surface area contributed by atoms with Crippen molar-refractivity contribution in [2.24, 2.45) is 5.73 Å². The number of rotatable bonds is 4. The molecule has 1 saturated carbocycles. The summed E-state index contributed by atoms with van der Waals surface area (Å²) in [5, 5.41) is 16.2. The van der Waals surface area contributed by atoms with Crippen LogP contribution in [0.1, 0.15) is 43.2 Å². The average Bonchev–Trinajstić information content (AvgIpc) is 3.09. The Hall–Kier alpha value is -1.76. The van der Waals surface area contributed by atoms with Crippen LogP contribution >= 0.6 is 0 Å². The molecule has 96 valence electrons. The number of nitrogens with zero attached hydrogens (tertiary/aromatic N) is 6. The van der Waals surface area contributed by atoms with Crippen molar-refractivity contribution in [3.8, 4) is 0 Å². The van der Waals surface area contributed by atoms with Gasteiger partial charge in [0.25, 0.3) is 0 Å². The van der Waals surface area contributed by atoms with Crippen LogP contribution in [0.4, 0.5) is 0 Å². The van der Waals surface area contributed by atoms with Gasteiger partial charge in [0.2, 0.25) is 0 Å². The van der Waals surface area contributed by atoms with E-state index in [4.69, 9.17) is 5.73 Å². The Morgan fingerprint density at radius 3 is 2.83 bits per heavy atom. The first kappa shape index (κ1) is 11.3. The lowest BCUT2D eigenvalue weighted by Crippen LogP contribution is -2.12. The molecule has 0 radical (unpaired) electrons. The van der Waals surface area contributed by atoms with Crippen molar-refractivity contribution >= 4 is 0 Å². The molecule has 0 atom stereocenters. The summed E-state index contributed by atoms with van der Waals surface area (Å²) >= 11 is 0. The summed E-state index contributed by atoms with van der Waals surface area (Å²) in [6.07, 6.45) is 8.71. The fraction of sp³-hybridized carbons (Fsp3) is 0.636. The minimum Gasteiger partial charge on any atom is -0.325 e. The van der Waals surface area contributed by atoms with Crippen molar-refractivity contribution in [1.29, 1.82) is 0 Å². The fourth-order valence-corrected chi connectivity index (χ4v) is 2.52. The Morgan fingerprint density at radius 1 is 1.28 bits per heavy atom. The molecule has 1 fully saturated rings. The molecule has 0 amide bonds. The van der Waals surface area contributed by atoms with Crippen LogP contribution in [-0.2, 0) is 13.1 Å². The molecular formula is C11H17N7. The molecule has 0 saturated heterocycles. The van der Waals surface area contributed by atoms with E-state index in [1.54, 1.807) is 4.68 Å². The predicted octanol–water partition coefficient (Wildman–Crippen LogP) is 0.492. The van der Waals surface area contributed by atoms with Gasteiger partial charge in [0.15, 0.2) is 5.82 Å². The van der Waals surface area contributed by atoms with Gasteiger partial charge in [-0.15, -0.1) is 15.3 Å². The van der Waals surface area contributed by atoms with E-state index in [-0.39, 0.29) is 0 Å². The SMILES string of the molecule is NCc1cn(Cc2nncn2C2CCCC2)nn1. The van der Waals surface area contributed by atoms with E-state index in [2.05, 4.69) is 25.1 Å². The Labute approximate surface area is 105 Å².